The van der Waals surface area contributed by atoms with Crippen molar-refractivity contribution in [2.24, 2.45) is 0 Å². The van der Waals surface area contributed by atoms with E-state index in [9.17, 15) is 19.5 Å². The topological polar surface area (TPSA) is 151 Å². The van der Waals surface area contributed by atoms with Crippen LogP contribution >= 0.6 is 21.6 Å². The lowest BCUT2D eigenvalue weighted by Crippen LogP contribution is -2.28. The van der Waals surface area contributed by atoms with E-state index in [1.54, 1.807) is 21.6 Å². The van der Waals surface area contributed by atoms with E-state index in [0.29, 0.717) is 12.2 Å². The highest BCUT2D eigenvalue weighted by molar-refractivity contribution is 8.76. The maximum atomic E-state index is 12.2. The lowest BCUT2D eigenvalue weighted by atomic mass is 10.2. The van der Waals surface area contributed by atoms with Gasteiger partial charge in [0, 0.05) is 37.0 Å². The number of aromatic nitrogens is 2. The second-order valence-electron chi connectivity index (χ2n) is 6.76. The van der Waals surface area contributed by atoms with Crippen LogP contribution in [0.1, 0.15) is 44.8 Å². The minimum atomic E-state index is -0.855. The Hall–Kier alpha value is -1.60. The number of unbranched alkanes of at least 4 members (excludes halogenated alkanes) is 2. The predicted octanol–water partition coefficient (Wildman–Crippen LogP) is 1.24. The summed E-state index contributed by atoms with van der Waals surface area (Å²) in [5, 5.41) is 30.0. The van der Waals surface area contributed by atoms with Gasteiger partial charge in [0.25, 0.3) is 0 Å². The molecule has 1 fully saturated rings. The summed E-state index contributed by atoms with van der Waals surface area (Å²) in [6.45, 7) is -0.338. The van der Waals surface area contributed by atoms with Crippen LogP contribution in [0, 0.1) is 0 Å². The van der Waals surface area contributed by atoms with Crippen molar-refractivity contribution in [2.45, 2.75) is 57.0 Å². The highest BCUT2D eigenvalue weighted by Crippen LogP contribution is 2.27. The number of carboxylic acid groups (broad SMARTS) is 1. The van der Waals surface area contributed by atoms with Gasteiger partial charge in [0.2, 0.25) is 5.91 Å². The summed E-state index contributed by atoms with van der Waals surface area (Å²) in [7, 11) is 3.22. The third-order valence-electron chi connectivity index (χ3n) is 4.41. The number of amides is 1. The first-order valence-electron chi connectivity index (χ1n) is 9.70. The Balaban J connectivity index is 1.65. The van der Waals surface area contributed by atoms with Gasteiger partial charge in [0.1, 0.15) is 18.1 Å². The van der Waals surface area contributed by atoms with Gasteiger partial charge < -0.3 is 25.4 Å². The summed E-state index contributed by atoms with van der Waals surface area (Å²) in [4.78, 5) is 38.4. The van der Waals surface area contributed by atoms with Crippen molar-refractivity contribution < 1.29 is 29.6 Å². The normalized spacial score (nSPS) is 20.9. The van der Waals surface area contributed by atoms with Crippen LogP contribution in [-0.2, 0) is 14.3 Å². The summed E-state index contributed by atoms with van der Waals surface area (Å²) in [5.41, 5.74) is -0.614. The Labute approximate surface area is 181 Å². The van der Waals surface area contributed by atoms with Crippen molar-refractivity contribution in [3.8, 4) is 0 Å². The molecule has 1 aromatic rings. The fraction of sp³-hybridized carbons (Fsp3) is 0.667. The fourth-order valence-corrected chi connectivity index (χ4v) is 4.96. The van der Waals surface area contributed by atoms with Gasteiger partial charge in [-0.25, -0.2) is 4.79 Å². The summed E-state index contributed by atoms with van der Waals surface area (Å²) in [5.74, 6) is 0.646. The zero-order valence-electron chi connectivity index (χ0n) is 16.4. The second-order valence-corrected chi connectivity index (χ2v) is 9.47. The first-order chi connectivity index (χ1) is 14.4. The molecule has 0 unspecified atom stereocenters. The lowest BCUT2D eigenvalue weighted by molar-refractivity contribution is -0.137. The van der Waals surface area contributed by atoms with Gasteiger partial charge in [-0.3, -0.25) is 14.2 Å². The zero-order valence-corrected chi connectivity index (χ0v) is 18.1. The van der Waals surface area contributed by atoms with Crippen molar-refractivity contribution in [2.75, 3.05) is 23.4 Å². The van der Waals surface area contributed by atoms with Gasteiger partial charge >= 0.3 is 11.7 Å². The molecule has 2 heterocycles. The number of aliphatic carboxylic acids is 1. The van der Waals surface area contributed by atoms with Crippen molar-refractivity contribution in [1.29, 1.82) is 0 Å². The highest BCUT2D eigenvalue weighted by Gasteiger charge is 2.34. The summed E-state index contributed by atoms with van der Waals surface area (Å²) >= 11 is 0. The van der Waals surface area contributed by atoms with Crippen molar-refractivity contribution in [3.63, 3.8) is 0 Å². The third-order valence-corrected chi connectivity index (χ3v) is 6.90. The number of aliphatic hydroxyl groups is 2. The molecule has 30 heavy (non-hydrogen) atoms. The van der Waals surface area contributed by atoms with E-state index in [1.807, 2.05) is 0 Å². The Morgan fingerprint density at radius 3 is 2.67 bits per heavy atom. The van der Waals surface area contributed by atoms with Crippen LogP contribution < -0.4 is 11.0 Å². The molecule has 0 bridgehead atoms. The molecular weight excluding hydrogens is 434 g/mol. The average Bonchev–Trinajstić information content (AvgIpc) is 3.07. The molecule has 1 aliphatic heterocycles. The molecule has 0 saturated carbocycles. The molecule has 3 atom stereocenters. The maximum absolute atomic E-state index is 12.2. The minimum absolute atomic E-state index is 0.148. The van der Waals surface area contributed by atoms with E-state index in [2.05, 4.69) is 10.3 Å². The SMILES string of the molecule is O=C(O)CCCCCSSCCC(=O)Nc1ccn([C@H]2C[C@H](O)[C@@H](CO)O2)c(=O)n1. The molecule has 2 rings (SSSR count). The summed E-state index contributed by atoms with van der Waals surface area (Å²) in [6, 6.07) is 1.49. The predicted molar refractivity (Wildman–Crippen MR) is 114 cm³/mol. The number of nitrogens with zero attached hydrogens (tertiary/aromatic N) is 2. The molecule has 0 aliphatic carbocycles. The minimum Gasteiger partial charge on any atom is -0.481 e. The van der Waals surface area contributed by atoms with Gasteiger partial charge in [0.05, 0.1) is 12.7 Å². The number of aliphatic hydroxyl groups excluding tert-OH is 2. The van der Waals surface area contributed by atoms with Gasteiger partial charge in [-0.05, 0) is 18.9 Å². The van der Waals surface area contributed by atoms with Gasteiger partial charge in [0.15, 0.2) is 0 Å². The molecule has 0 radical (unpaired) electrons. The number of nitrogens with one attached hydrogen (secondary N) is 1. The van der Waals surface area contributed by atoms with Crippen LogP contribution in [0.15, 0.2) is 17.1 Å². The molecule has 0 spiro atoms. The zero-order chi connectivity index (χ0) is 21.9. The Kier molecular flexibility index (Phi) is 10.6. The molecule has 4 N–H and O–H groups in total. The van der Waals surface area contributed by atoms with Crippen molar-refractivity contribution in [3.05, 3.63) is 22.7 Å². The number of anilines is 1. The quantitative estimate of drug-likeness (QED) is 0.249. The summed E-state index contributed by atoms with van der Waals surface area (Å²) in [6.07, 6.45) is 2.30. The first-order valence-corrected chi connectivity index (χ1v) is 12.2. The monoisotopic (exact) mass is 461 g/mol. The Morgan fingerprint density at radius 1 is 1.23 bits per heavy atom. The van der Waals surface area contributed by atoms with E-state index < -0.39 is 30.1 Å². The fourth-order valence-electron chi connectivity index (χ4n) is 2.82. The average molecular weight is 462 g/mol. The van der Waals surface area contributed by atoms with Crippen LogP contribution in [0.5, 0.6) is 0 Å². The van der Waals surface area contributed by atoms with Gasteiger partial charge in [-0.2, -0.15) is 4.98 Å². The van der Waals surface area contributed by atoms with Crippen molar-refractivity contribution in [1.82, 2.24) is 9.55 Å². The molecule has 12 heteroatoms. The van der Waals surface area contributed by atoms with Crippen LogP contribution in [0.25, 0.3) is 0 Å². The van der Waals surface area contributed by atoms with Crippen LogP contribution in [-0.4, -0.2) is 67.1 Å². The molecule has 1 saturated heterocycles. The van der Waals surface area contributed by atoms with E-state index in [1.165, 1.54) is 16.8 Å². The first kappa shape index (κ1) is 24.7. The number of carboxylic acids is 1. The number of ether oxygens (including phenoxy) is 1. The standard InChI is InChI=1S/C18H27N3O7S2/c22-11-13-12(23)10-16(28-13)21-7-5-14(20-18(21)27)19-15(24)6-9-30-29-8-3-1-2-4-17(25)26/h5,7,12-13,16,22-23H,1-4,6,8-11H2,(H,25,26)(H,19,20,24,27)/t12-,13+,16+/m0/s1. The number of carbonyl (C=O) groups excluding carboxylic acids is 1. The van der Waals surface area contributed by atoms with E-state index >= 15 is 0 Å². The Morgan fingerprint density at radius 2 is 2.00 bits per heavy atom. The molecule has 1 aromatic heterocycles. The summed E-state index contributed by atoms with van der Waals surface area (Å²) < 4.78 is 6.65. The largest absolute Gasteiger partial charge is 0.481 e. The smallest absolute Gasteiger partial charge is 0.351 e. The van der Waals surface area contributed by atoms with Crippen LogP contribution in [0.4, 0.5) is 5.82 Å². The molecule has 10 nitrogen and oxygen atoms in total. The van der Waals surface area contributed by atoms with E-state index in [-0.39, 0.29) is 37.6 Å². The van der Waals surface area contributed by atoms with Crippen molar-refractivity contribution >= 4 is 39.3 Å². The van der Waals surface area contributed by atoms with Gasteiger partial charge in [-0.1, -0.05) is 28.0 Å². The van der Waals surface area contributed by atoms with E-state index in [4.69, 9.17) is 14.9 Å². The molecule has 0 aromatic carbocycles. The maximum Gasteiger partial charge on any atom is 0.351 e. The molecule has 168 valence electrons. The lowest BCUT2D eigenvalue weighted by Gasteiger charge is -2.14. The number of hydrogen-bond donors (Lipinski definition) is 4. The molecular formula is C18H27N3O7S2. The molecule has 1 aliphatic rings. The van der Waals surface area contributed by atoms with Crippen LogP contribution in [0.3, 0.4) is 0 Å². The second kappa shape index (κ2) is 13.0. The molecule has 1 amide bonds. The van der Waals surface area contributed by atoms with E-state index in [0.717, 1.165) is 18.6 Å². The number of carbonyl (C=O) groups is 2. The number of rotatable bonds is 13. The highest BCUT2D eigenvalue weighted by atomic mass is 33.1. The third kappa shape index (κ3) is 8.26. The van der Waals surface area contributed by atoms with Gasteiger partial charge in [-0.15, -0.1) is 0 Å². The van der Waals surface area contributed by atoms with Crippen LogP contribution in [0.2, 0.25) is 0 Å². The Bertz CT molecular complexity index is 762. The number of hydrogen-bond acceptors (Lipinski definition) is 9.